The first-order chi connectivity index (χ1) is 8.57. The van der Waals surface area contributed by atoms with Gasteiger partial charge in [0.15, 0.2) is 0 Å². The van der Waals surface area contributed by atoms with Crippen LogP contribution in [-0.4, -0.2) is 0 Å². The molecular formula is C18H34. The molecular weight excluding hydrogens is 216 g/mol. The maximum Gasteiger partial charge on any atom is 0.0202 e. The Morgan fingerprint density at radius 3 is 1.17 bits per heavy atom. The predicted molar refractivity (Wildman–Crippen MR) is 83.5 cm³/mol. The van der Waals surface area contributed by atoms with Gasteiger partial charge in [0.2, 0.25) is 0 Å². The van der Waals surface area contributed by atoms with Crippen molar-refractivity contribution in [3.05, 3.63) is 0 Å². The van der Waals surface area contributed by atoms with Crippen molar-refractivity contribution in [3.8, 4) is 11.8 Å². The quantitative estimate of drug-likeness (QED) is 0.469. The predicted octanol–water partition coefficient (Wildman–Crippen LogP) is 5.91. The van der Waals surface area contributed by atoms with E-state index in [9.17, 15) is 0 Å². The van der Waals surface area contributed by atoms with Gasteiger partial charge in [-0.2, -0.15) is 0 Å². The molecule has 0 aliphatic carbocycles. The first kappa shape index (κ1) is 17.6. The van der Waals surface area contributed by atoms with Crippen molar-refractivity contribution in [3.63, 3.8) is 0 Å². The van der Waals surface area contributed by atoms with Crippen molar-refractivity contribution >= 4 is 0 Å². The fourth-order valence-corrected chi connectivity index (χ4v) is 2.20. The average molecular weight is 250 g/mol. The zero-order chi connectivity index (χ0) is 14.0. The van der Waals surface area contributed by atoms with Gasteiger partial charge in [0.25, 0.3) is 0 Å². The summed E-state index contributed by atoms with van der Waals surface area (Å²) in [5.74, 6) is 10.0. The standard InChI is InChI=1S/C18H34/c1-7-15(5)13-17(9-3)11-12-18(10-4)14-16(6)8-2/h15-18H,7-10,13-14H2,1-6H3. The van der Waals surface area contributed by atoms with Crippen LogP contribution in [-0.2, 0) is 0 Å². The van der Waals surface area contributed by atoms with E-state index in [1.165, 1.54) is 38.5 Å². The van der Waals surface area contributed by atoms with Gasteiger partial charge >= 0.3 is 0 Å². The third-order valence-corrected chi connectivity index (χ3v) is 4.24. The maximum atomic E-state index is 3.57. The Balaban J connectivity index is 4.37. The highest BCUT2D eigenvalue weighted by molar-refractivity contribution is 5.07. The monoisotopic (exact) mass is 250 g/mol. The Morgan fingerprint density at radius 2 is 0.944 bits per heavy atom. The Hall–Kier alpha value is -0.440. The third kappa shape index (κ3) is 7.80. The lowest BCUT2D eigenvalue weighted by molar-refractivity contribution is 0.426. The summed E-state index contributed by atoms with van der Waals surface area (Å²) in [6, 6.07) is 0. The van der Waals surface area contributed by atoms with E-state index < -0.39 is 0 Å². The van der Waals surface area contributed by atoms with Crippen molar-refractivity contribution in [2.75, 3.05) is 0 Å². The van der Waals surface area contributed by atoms with E-state index in [2.05, 4.69) is 53.4 Å². The molecule has 0 bridgehead atoms. The summed E-state index contributed by atoms with van der Waals surface area (Å²) in [5, 5.41) is 0. The lowest BCUT2D eigenvalue weighted by Gasteiger charge is -2.15. The minimum Gasteiger partial charge on any atom is -0.0996 e. The van der Waals surface area contributed by atoms with Gasteiger partial charge in [0.05, 0.1) is 0 Å². The number of hydrogen-bond acceptors (Lipinski definition) is 0. The van der Waals surface area contributed by atoms with Crippen molar-refractivity contribution in [2.24, 2.45) is 23.7 Å². The Morgan fingerprint density at radius 1 is 0.611 bits per heavy atom. The van der Waals surface area contributed by atoms with Crippen LogP contribution in [0.2, 0.25) is 0 Å². The molecule has 0 aliphatic heterocycles. The summed E-state index contributed by atoms with van der Waals surface area (Å²) in [5.41, 5.74) is 0. The molecule has 0 spiro atoms. The van der Waals surface area contributed by atoms with Crippen LogP contribution < -0.4 is 0 Å². The van der Waals surface area contributed by atoms with Crippen molar-refractivity contribution < 1.29 is 0 Å². The molecule has 0 fully saturated rings. The number of rotatable bonds is 8. The largest absolute Gasteiger partial charge is 0.0996 e. The van der Waals surface area contributed by atoms with Gasteiger partial charge in [0.1, 0.15) is 0 Å². The average Bonchev–Trinajstić information content (AvgIpc) is 2.40. The zero-order valence-electron chi connectivity index (χ0n) is 13.6. The van der Waals surface area contributed by atoms with Crippen molar-refractivity contribution in [2.45, 2.75) is 80.1 Å². The van der Waals surface area contributed by atoms with Gasteiger partial charge in [-0.15, -0.1) is 0 Å². The topological polar surface area (TPSA) is 0 Å². The Kier molecular flexibility index (Phi) is 10.2. The molecule has 0 amide bonds. The fourth-order valence-electron chi connectivity index (χ4n) is 2.20. The summed E-state index contributed by atoms with van der Waals surface area (Å²) >= 11 is 0. The normalized spacial score (nSPS) is 17.4. The molecule has 18 heavy (non-hydrogen) atoms. The van der Waals surface area contributed by atoms with Gasteiger partial charge in [-0.1, -0.05) is 66.2 Å². The molecule has 0 aromatic rings. The summed E-state index contributed by atoms with van der Waals surface area (Å²) in [6.07, 6.45) is 7.53. The lowest BCUT2D eigenvalue weighted by atomic mass is 9.89. The zero-order valence-corrected chi connectivity index (χ0v) is 13.6. The van der Waals surface area contributed by atoms with Gasteiger partial charge in [-0.05, 0) is 37.5 Å². The fraction of sp³-hybridized carbons (Fsp3) is 0.889. The molecule has 4 unspecified atom stereocenters. The molecule has 0 nitrogen and oxygen atoms in total. The van der Waals surface area contributed by atoms with Crippen LogP contribution in [0.1, 0.15) is 80.1 Å². The van der Waals surface area contributed by atoms with E-state index >= 15 is 0 Å². The third-order valence-electron chi connectivity index (χ3n) is 4.24. The minimum atomic E-state index is 0.617. The molecule has 0 heteroatoms. The van der Waals surface area contributed by atoms with E-state index in [1.807, 2.05) is 0 Å². The second kappa shape index (κ2) is 10.5. The van der Waals surface area contributed by atoms with Crippen LogP contribution in [0, 0.1) is 35.5 Å². The van der Waals surface area contributed by atoms with E-state index in [4.69, 9.17) is 0 Å². The van der Waals surface area contributed by atoms with Gasteiger partial charge in [0, 0.05) is 11.8 Å². The van der Waals surface area contributed by atoms with E-state index in [0.717, 1.165) is 11.8 Å². The Labute approximate surface area is 116 Å². The number of hydrogen-bond donors (Lipinski definition) is 0. The highest BCUT2D eigenvalue weighted by Crippen LogP contribution is 2.20. The summed E-state index contributed by atoms with van der Waals surface area (Å²) < 4.78 is 0. The van der Waals surface area contributed by atoms with Gasteiger partial charge in [-0.3, -0.25) is 0 Å². The molecule has 0 radical (unpaired) electrons. The van der Waals surface area contributed by atoms with E-state index in [-0.39, 0.29) is 0 Å². The molecule has 4 atom stereocenters. The highest BCUT2D eigenvalue weighted by Gasteiger charge is 2.10. The molecule has 0 aliphatic rings. The molecule has 0 rings (SSSR count). The Bertz CT molecular complexity index is 218. The van der Waals surface area contributed by atoms with Crippen molar-refractivity contribution in [1.82, 2.24) is 0 Å². The van der Waals surface area contributed by atoms with Crippen molar-refractivity contribution in [1.29, 1.82) is 0 Å². The van der Waals surface area contributed by atoms with E-state index in [1.54, 1.807) is 0 Å². The lowest BCUT2D eigenvalue weighted by Crippen LogP contribution is -2.06. The highest BCUT2D eigenvalue weighted by atomic mass is 14.1. The van der Waals surface area contributed by atoms with Crippen LogP contribution >= 0.6 is 0 Å². The maximum absolute atomic E-state index is 3.57. The molecule has 0 saturated carbocycles. The smallest absolute Gasteiger partial charge is 0.0202 e. The summed E-state index contributed by atoms with van der Waals surface area (Å²) in [7, 11) is 0. The minimum absolute atomic E-state index is 0.617. The van der Waals surface area contributed by atoms with Crippen LogP contribution in [0.15, 0.2) is 0 Å². The van der Waals surface area contributed by atoms with Crippen LogP contribution in [0.25, 0.3) is 0 Å². The summed E-state index contributed by atoms with van der Waals surface area (Å²) in [4.78, 5) is 0. The van der Waals surface area contributed by atoms with Crippen LogP contribution in [0.4, 0.5) is 0 Å². The summed E-state index contributed by atoms with van der Waals surface area (Å²) in [6.45, 7) is 13.8. The first-order valence-corrected chi connectivity index (χ1v) is 8.08. The first-order valence-electron chi connectivity index (χ1n) is 8.08. The second-order valence-electron chi connectivity index (χ2n) is 6.00. The molecule has 0 aromatic carbocycles. The molecule has 0 heterocycles. The van der Waals surface area contributed by atoms with Gasteiger partial charge in [-0.25, -0.2) is 0 Å². The van der Waals surface area contributed by atoms with Gasteiger partial charge < -0.3 is 0 Å². The molecule has 0 aromatic heterocycles. The second-order valence-corrected chi connectivity index (χ2v) is 6.00. The molecule has 0 saturated heterocycles. The molecule has 0 N–H and O–H groups in total. The van der Waals surface area contributed by atoms with Crippen LogP contribution in [0.5, 0.6) is 0 Å². The molecule has 106 valence electrons. The SMILES string of the molecule is CCC(C)CC(C#CC(CC)CC(C)CC)CC. The van der Waals surface area contributed by atoms with E-state index in [0.29, 0.717) is 11.8 Å². The van der Waals surface area contributed by atoms with Crippen LogP contribution in [0.3, 0.4) is 0 Å².